The molecule has 0 spiro atoms. The molecule has 0 amide bonds. The van der Waals surface area contributed by atoms with Crippen LogP contribution in [-0.2, 0) is 11.0 Å². The van der Waals surface area contributed by atoms with Gasteiger partial charge in [0, 0.05) is 29.1 Å². The fourth-order valence-corrected chi connectivity index (χ4v) is 3.17. The van der Waals surface area contributed by atoms with Gasteiger partial charge in [0.1, 0.15) is 11.0 Å². The molecule has 1 unspecified atom stereocenters. The van der Waals surface area contributed by atoms with Crippen molar-refractivity contribution in [2.45, 2.75) is 6.92 Å². The Bertz CT molecular complexity index is 800. The average Bonchev–Trinajstić information content (AvgIpc) is 2.86. The van der Waals surface area contributed by atoms with Gasteiger partial charge in [-0.3, -0.25) is 3.97 Å². The summed E-state index contributed by atoms with van der Waals surface area (Å²) in [6.45, 7) is 1.89. The van der Waals surface area contributed by atoms with E-state index in [1.54, 1.807) is 16.2 Å². The summed E-state index contributed by atoms with van der Waals surface area (Å²) in [7, 11) is -1.08. The minimum atomic E-state index is -1.08. The Hall–Kier alpha value is -1.72. The standard InChI is InChI=1S/C14H12ClN3OS/c1-2-20(19)18-9-11(10-5-3-4-6-13(10)18)12-7-8-16-14(15)17-12/h3-9H,2H2,1H3. The zero-order valence-electron chi connectivity index (χ0n) is 10.8. The number of fused-ring (bicyclic) bond motifs is 1. The zero-order valence-corrected chi connectivity index (χ0v) is 12.4. The predicted octanol–water partition coefficient (Wildman–Crippen LogP) is 3.28. The first kappa shape index (κ1) is 13.3. The van der Waals surface area contributed by atoms with Crippen molar-refractivity contribution in [3.05, 3.63) is 48.0 Å². The van der Waals surface area contributed by atoms with Crippen molar-refractivity contribution in [2.75, 3.05) is 5.75 Å². The molecule has 3 aromatic rings. The van der Waals surface area contributed by atoms with Crippen LogP contribution < -0.4 is 0 Å². The summed E-state index contributed by atoms with van der Waals surface area (Å²) < 4.78 is 13.9. The third-order valence-electron chi connectivity index (χ3n) is 3.05. The average molecular weight is 306 g/mol. The van der Waals surface area contributed by atoms with Gasteiger partial charge in [0.15, 0.2) is 0 Å². The molecule has 0 saturated carbocycles. The maximum atomic E-state index is 12.2. The molecule has 4 nitrogen and oxygen atoms in total. The van der Waals surface area contributed by atoms with Gasteiger partial charge >= 0.3 is 0 Å². The van der Waals surface area contributed by atoms with Crippen LogP contribution in [0, 0.1) is 0 Å². The zero-order chi connectivity index (χ0) is 14.1. The molecule has 0 saturated heterocycles. The smallest absolute Gasteiger partial charge is 0.222 e. The van der Waals surface area contributed by atoms with Gasteiger partial charge in [-0.25, -0.2) is 14.2 Å². The lowest BCUT2D eigenvalue weighted by molar-refractivity contribution is 0.679. The molecule has 20 heavy (non-hydrogen) atoms. The van der Waals surface area contributed by atoms with E-state index in [1.165, 1.54) is 0 Å². The molecular weight excluding hydrogens is 294 g/mol. The molecular formula is C14H12ClN3OS. The third kappa shape index (κ3) is 2.23. The second kappa shape index (κ2) is 5.34. The Morgan fingerprint density at radius 2 is 2.10 bits per heavy atom. The maximum Gasteiger partial charge on any atom is 0.222 e. The summed E-state index contributed by atoms with van der Waals surface area (Å²) in [6, 6.07) is 9.63. The Balaban J connectivity index is 2.29. The Morgan fingerprint density at radius 3 is 2.85 bits per heavy atom. The molecule has 2 aromatic heterocycles. The highest BCUT2D eigenvalue weighted by molar-refractivity contribution is 7.83. The van der Waals surface area contributed by atoms with E-state index in [2.05, 4.69) is 9.97 Å². The number of hydrogen-bond acceptors (Lipinski definition) is 3. The van der Waals surface area contributed by atoms with Crippen LogP contribution in [0.5, 0.6) is 0 Å². The largest absolute Gasteiger partial charge is 0.266 e. The highest BCUT2D eigenvalue weighted by atomic mass is 35.5. The molecule has 1 aromatic carbocycles. The topological polar surface area (TPSA) is 47.8 Å². The van der Waals surface area contributed by atoms with Gasteiger partial charge in [0.25, 0.3) is 0 Å². The van der Waals surface area contributed by atoms with Crippen LogP contribution >= 0.6 is 11.6 Å². The van der Waals surface area contributed by atoms with Crippen LogP contribution in [0.1, 0.15) is 6.92 Å². The number of hydrogen-bond donors (Lipinski definition) is 0. The number of aromatic nitrogens is 3. The first-order valence-corrected chi connectivity index (χ1v) is 7.84. The molecule has 3 rings (SSSR count). The van der Waals surface area contributed by atoms with Gasteiger partial charge in [-0.2, -0.15) is 0 Å². The van der Waals surface area contributed by atoms with Crippen molar-refractivity contribution in [1.29, 1.82) is 0 Å². The fourth-order valence-electron chi connectivity index (χ4n) is 2.15. The van der Waals surface area contributed by atoms with Gasteiger partial charge in [-0.1, -0.05) is 25.1 Å². The molecule has 0 aliphatic rings. The molecule has 0 aliphatic carbocycles. The van der Waals surface area contributed by atoms with E-state index in [4.69, 9.17) is 11.6 Å². The summed E-state index contributed by atoms with van der Waals surface area (Å²) in [6.07, 6.45) is 3.48. The van der Waals surface area contributed by atoms with E-state index in [0.717, 1.165) is 22.2 Å². The van der Waals surface area contributed by atoms with Crippen LogP contribution in [0.25, 0.3) is 22.2 Å². The van der Waals surface area contributed by atoms with Crippen molar-refractivity contribution < 1.29 is 4.21 Å². The summed E-state index contributed by atoms with van der Waals surface area (Å²) in [5, 5.41) is 1.21. The lowest BCUT2D eigenvalue weighted by atomic mass is 10.1. The van der Waals surface area contributed by atoms with Gasteiger partial charge in [-0.15, -0.1) is 0 Å². The Kier molecular flexibility index (Phi) is 3.54. The van der Waals surface area contributed by atoms with Gasteiger partial charge in [0.05, 0.1) is 11.2 Å². The maximum absolute atomic E-state index is 12.2. The van der Waals surface area contributed by atoms with E-state index in [-0.39, 0.29) is 5.28 Å². The van der Waals surface area contributed by atoms with E-state index >= 15 is 0 Å². The monoisotopic (exact) mass is 305 g/mol. The second-order valence-corrected chi connectivity index (χ2v) is 6.16. The van der Waals surface area contributed by atoms with E-state index in [0.29, 0.717) is 5.75 Å². The summed E-state index contributed by atoms with van der Waals surface area (Å²) >= 11 is 5.85. The number of benzene rings is 1. The van der Waals surface area contributed by atoms with Crippen molar-refractivity contribution in [2.24, 2.45) is 0 Å². The highest BCUT2D eigenvalue weighted by Gasteiger charge is 2.13. The van der Waals surface area contributed by atoms with E-state index < -0.39 is 11.0 Å². The summed E-state index contributed by atoms with van der Waals surface area (Å²) in [5.41, 5.74) is 2.57. The van der Waals surface area contributed by atoms with Crippen LogP contribution in [0.4, 0.5) is 0 Å². The lowest BCUT2D eigenvalue weighted by Crippen LogP contribution is -2.04. The number of rotatable bonds is 3. The fraction of sp³-hybridized carbons (Fsp3) is 0.143. The van der Waals surface area contributed by atoms with Crippen LogP contribution in [-0.4, -0.2) is 23.9 Å². The molecule has 102 valence electrons. The quantitative estimate of drug-likeness (QED) is 0.698. The van der Waals surface area contributed by atoms with Crippen molar-refractivity contribution in [1.82, 2.24) is 13.9 Å². The molecule has 0 bridgehead atoms. The SMILES string of the molecule is CCS(=O)n1cc(-c2ccnc(Cl)n2)c2ccccc21. The second-order valence-electron chi connectivity index (χ2n) is 4.21. The van der Waals surface area contributed by atoms with Gasteiger partial charge in [0.2, 0.25) is 5.28 Å². The van der Waals surface area contributed by atoms with Crippen molar-refractivity contribution >= 4 is 33.5 Å². The van der Waals surface area contributed by atoms with Crippen LogP contribution in [0.15, 0.2) is 42.7 Å². The predicted molar refractivity (Wildman–Crippen MR) is 82.1 cm³/mol. The summed E-state index contributed by atoms with van der Waals surface area (Å²) in [5.74, 6) is 0.558. The van der Waals surface area contributed by atoms with Crippen molar-refractivity contribution in [3.63, 3.8) is 0 Å². The molecule has 1 atom stereocenters. The molecule has 0 N–H and O–H groups in total. The van der Waals surface area contributed by atoms with Crippen molar-refractivity contribution in [3.8, 4) is 11.3 Å². The third-order valence-corrected chi connectivity index (χ3v) is 4.46. The minimum absolute atomic E-state index is 0.205. The molecule has 2 heterocycles. The van der Waals surface area contributed by atoms with Crippen LogP contribution in [0.2, 0.25) is 5.28 Å². The molecule has 0 fully saturated rings. The molecule has 6 heteroatoms. The van der Waals surface area contributed by atoms with Crippen LogP contribution in [0.3, 0.4) is 0 Å². The van der Waals surface area contributed by atoms with Gasteiger partial charge < -0.3 is 0 Å². The Labute approximate surface area is 124 Å². The number of para-hydroxylation sites is 1. The number of nitrogens with zero attached hydrogens (tertiary/aromatic N) is 3. The summed E-state index contributed by atoms with van der Waals surface area (Å²) in [4.78, 5) is 8.13. The lowest BCUT2D eigenvalue weighted by Gasteiger charge is -2.01. The van der Waals surface area contributed by atoms with Gasteiger partial charge in [-0.05, 0) is 23.7 Å². The highest BCUT2D eigenvalue weighted by Crippen LogP contribution is 2.30. The Morgan fingerprint density at radius 1 is 1.30 bits per heavy atom. The molecule has 0 radical (unpaired) electrons. The first-order chi connectivity index (χ1) is 9.70. The van der Waals surface area contributed by atoms with E-state index in [9.17, 15) is 4.21 Å². The normalized spacial score (nSPS) is 12.7. The molecule has 0 aliphatic heterocycles. The minimum Gasteiger partial charge on any atom is -0.266 e. The first-order valence-electron chi connectivity index (χ1n) is 6.18. The number of halogens is 1. The van der Waals surface area contributed by atoms with E-state index in [1.807, 2.05) is 37.4 Å².